The van der Waals surface area contributed by atoms with Gasteiger partial charge in [0, 0.05) is 27.7 Å². The molecule has 0 unspecified atom stereocenters. The topological polar surface area (TPSA) is 178 Å². The largest absolute Gasteiger partial charge is 0.463 e. The van der Waals surface area contributed by atoms with Crippen LogP contribution in [0.4, 0.5) is 0 Å². The zero-order chi connectivity index (χ0) is 29.3. The molecular formula is C21H32N3O12PS2. The molecule has 0 bridgehead atoms. The number of nitrogens with zero attached hydrogens (tertiary/aromatic N) is 2. The summed E-state index contributed by atoms with van der Waals surface area (Å²) >= 11 is 6.49. The number of amides is 1. The molecule has 1 N–H and O–H groups in total. The summed E-state index contributed by atoms with van der Waals surface area (Å²) in [7, 11) is 0. The summed E-state index contributed by atoms with van der Waals surface area (Å²) in [6, 6.07) is 0. The smallest absolute Gasteiger partial charge is 0.303 e. The van der Waals surface area contributed by atoms with Crippen LogP contribution in [-0.4, -0.2) is 96.2 Å². The monoisotopic (exact) mass is 613 g/mol. The molecule has 15 nitrogen and oxygen atoms in total. The van der Waals surface area contributed by atoms with E-state index in [1.807, 2.05) is 0 Å². The zero-order valence-corrected chi connectivity index (χ0v) is 24.8. The number of ether oxygens (including phenoxy) is 5. The van der Waals surface area contributed by atoms with Crippen LogP contribution in [0.1, 0.15) is 41.5 Å². The van der Waals surface area contributed by atoms with Gasteiger partial charge < -0.3 is 32.7 Å². The molecule has 0 radical (unpaired) electrons. The van der Waals surface area contributed by atoms with E-state index in [1.165, 1.54) is 0 Å². The summed E-state index contributed by atoms with van der Waals surface area (Å²) < 4.78 is 38.3. The average molecular weight is 614 g/mol. The summed E-state index contributed by atoms with van der Waals surface area (Å²) in [5.41, 5.74) is 0. The first-order valence-electron chi connectivity index (χ1n) is 11.8. The maximum Gasteiger partial charge on any atom is 0.303 e. The molecule has 2 saturated heterocycles. The first-order valence-corrected chi connectivity index (χ1v) is 15.4. The Labute approximate surface area is 234 Å². The lowest BCUT2D eigenvalue weighted by atomic mass is 9.97. The second kappa shape index (κ2) is 15.0. The third-order valence-corrected chi connectivity index (χ3v) is 8.25. The van der Waals surface area contributed by atoms with Gasteiger partial charge in [-0.05, 0) is 25.7 Å². The van der Waals surface area contributed by atoms with Gasteiger partial charge >= 0.3 is 23.9 Å². The molecule has 2 aliphatic heterocycles. The van der Waals surface area contributed by atoms with Crippen molar-refractivity contribution < 1.29 is 56.7 Å². The molecule has 0 aromatic carbocycles. The average Bonchev–Trinajstić information content (AvgIpc) is 3.14. The van der Waals surface area contributed by atoms with E-state index in [0.29, 0.717) is 0 Å². The van der Waals surface area contributed by atoms with Crippen LogP contribution in [0.2, 0.25) is 0 Å². The van der Waals surface area contributed by atoms with Gasteiger partial charge in [0.15, 0.2) is 29.7 Å². The lowest BCUT2D eigenvalue weighted by molar-refractivity contribution is -0.251. The summed E-state index contributed by atoms with van der Waals surface area (Å²) in [4.78, 5) is 64.6. The standard InChI is InChI=1S/C21H32N3O12PS2/c1-7-31-37(38,32-8-2)23-24-16(29)10-39-21(24)22-20-19(35-14(6)28)18(34-13(5)27)17(33-12(4)26)15(36-20)9-30-11(3)25/h15,17-20H,7-10H2,1-6H3,(H,23,38)/b22-21+/t15-,17-,18+,19-,20-/m1/s1. The Morgan fingerprint density at radius 1 is 0.974 bits per heavy atom. The number of aliphatic imine (C=N–C) groups is 1. The van der Waals surface area contributed by atoms with Crippen LogP contribution in [0.3, 0.4) is 0 Å². The number of thioether (sulfide) groups is 1. The highest BCUT2D eigenvalue weighted by Gasteiger charge is 2.53. The molecule has 5 atom stereocenters. The first kappa shape index (κ1) is 33.1. The second-order valence-corrected chi connectivity index (χ2v) is 12.0. The SMILES string of the molecule is CCOP(=S)(NN1C(=O)CS/C1=N/[C@@H]1O[C@H](COC(C)=O)[C@@H](OC(C)=O)[C@H](OC(C)=O)[C@H]1OC(C)=O)OCC. The number of hydrazine groups is 1. The van der Waals surface area contributed by atoms with Gasteiger partial charge in [0.05, 0.1) is 19.0 Å². The van der Waals surface area contributed by atoms with Crippen LogP contribution in [-0.2, 0) is 68.5 Å². The van der Waals surface area contributed by atoms with Crippen molar-refractivity contribution in [1.82, 2.24) is 10.2 Å². The van der Waals surface area contributed by atoms with Gasteiger partial charge in [-0.25, -0.2) is 10.0 Å². The highest BCUT2D eigenvalue weighted by molar-refractivity contribution is 8.15. The normalized spacial score (nSPS) is 26.3. The number of carbonyl (C=O) groups excluding carboxylic acids is 5. The van der Waals surface area contributed by atoms with Gasteiger partial charge in [-0.3, -0.25) is 24.0 Å². The minimum absolute atomic E-state index is 0.0231. The molecular weight excluding hydrogens is 581 g/mol. The molecule has 220 valence electrons. The summed E-state index contributed by atoms with van der Waals surface area (Å²) in [6.07, 6.45) is -6.75. The molecule has 39 heavy (non-hydrogen) atoms. The fourth-order valence-corrected chi connectivity index (χ4v) is 6.63. The fraction of sp³-hybridized carbons (Fsp3) is 0.714. The molecule has 0 spiro atoms. The molecule has 18 heteroatoms. The van der Waals surface area contributed by atoms with E-state index in [-0.39, 0.29) is 24.1 Å². The Bertz CT molecular complexity index is 1020. The van der Waals surface area contributed by atoms with E-state index in [4.69, 9.17) is 44.5 Å². The minimum Gasteiger partial charge on any atom is -0.463 e. The molecule has 0 saturated carbocycles. The predicted molar refractivity (Wildman–Crippen MR) is 139 cm³/mol. The number of rotatable bonds is 12. The van der Waals surface area contributed by atoms with Gasteiger partial charge in [-0.1, -0.05) is 11.8 Å². The maximum atomic E-state index is 12.7. The van der Waals surface area contributed by atoms with Gasteiger partial charge in [0.2, 0.25) is 0 Å². The molecule has 2 heterocycles. The number of carbonyl (C=O) groups is 5. The Morgan fingerprint density at radius 3 is 2.03 bits per heavy atom. The van der Waals surface area contributed by atoms with Crippen LogP contribution in [0.5, 0.6) is 0 Å². The van der Waals surface area contributed by atoms with Crippen molar-refractivity contribution in [1.29, 1.82) is 0 Å². The number of esters is 4. The zero-order valence-electron chi connectivity index (χ0n) is 22.3. The Kier molecular flexibility index (Phi) is 12.7. The number of amidine groups is 1. The summed E-state index contributed by atoms with van der Waals surface area (Å²) in [5, 5.41) is 3.92. The number of hydrogen-bond donors (Lipinski definition) is 1. The third-order valence-electron chi connectivity index (χ3n) is 4.79. The van der Waals surface area contributed by atoms with Crippen LogP contribution in [0.15, 0.2) is 4.99 Å². The van der Waals surface area contributed by atoms with Crippen molar-refractivity contribution >= 4 is 65.2 Å². The fourth-order valence-electron chi connectivity index (χ4n) is 3.53. The molecule has 2 aliphatic rings. The van der Waals surface area contributed by atoms with Crippen LogP contribution in [0.25, 0.3) is 0 Å². The predicted octanol–water partition coefficient (Wildman–Crippen LogP) is 0.803. The van der Waals surface area contributed by atoms with E-state index in [1.54, 1.807) is 13.8 Å². The summed E-state index contributed by atoms with van der Waals surface area (Å²) in [6.45, 7) is 4.81. The van der Waals surface area contributed by atoms with Crippen molar-refractivity contribution in [2.24, 2.45) is 4.99 Å². The third kappa shape index (κ3) is 9.77. The van der Waals surface area contributed by atoms with Crippen LogP contribution < -0.4 is 5.20 Å². The molecule has 0 aromatic heterocycles. The van der Waals surface area contributed by atoms with Crippen molar-refractivity contribution in [2.45, 2.75) is 72.2 Å². The quantitative estimate of drug-likeness (QED) is 0.186. The van der Waals surface area contributed by atoms with Crippen molar-refractivity contribution in [2.75, 3.05) is 25.6 Å². The minimum atomic E-state index is -3.14. The van der Waals surface area contributed by atoms with E-state index >= 15 is 0 Å². The lowest BCUT2D eigenvalue weighted by Crippen LogP contribution is -2.62. The van der Waals surface area contributed by atoms with E-state index in [0.717, 1.165) is 44.5 Å². The van der Waals surface area contributed by atoms with Crippen molar-refractivity contribution in [3.8, 4) is 0 Å². The number of nitrogens with one attached hydrogen (secondary N) is 1. The maximum absolute atomic E-state index is 12.7. The highest BCUT2D eigenvalue weighted by atomic mass is 32.5. The number of hydrogen-bond acceptors (Lipinski definition) is 15. The van der Waals surface area contributed by atoms with Gasteiger partial charge in [0.1, 0.15) is 12.7 Å². The Balaban J connectivity index is 2.54. The lowest BCUT2D eigenvalue weighted by Gasteiger charge is -2.43. The second-order valence-electron chi connectivity index (χ2n) is 7.95. The van der Waals surface area contributed by atoms with Crippen LogP contribution >= 0.6 is 18.4 Å². The van der Waals surface area contributed by atoms with Crippen molar-refractivity contribution in [3.05, 3.63) is 0 Å². The first-order chi connectivity index (χ1) is 18.3. The molecule has 1 amide bonds. The Hall–Kier alpha value is -2.14. The van der Waals surface area contributed by atoms with E-state index in [2.05, 4.69) is 10.2 Å². The van der Waals surface area contributed by atoms with Crippen molar-refractivity contribution in [3.63, 3.8) is 0 Å². The molecule has 2 fully saturated rings. The van der Waals surface area contributed by atoms with E-state index < -0.39 is 73.7 Å². The summed E-state index contributed by atoms with van der Waals surface area (Å²) in [5.74, 6) is -3.41. The van der Waals surface area contributed by atoms with Gasteiger partial charge in [-0.2, -0.15) is 0 Å². The van der Waals surface area contributed by atoms with E-state index in [9.17, 15) is 24.0 Å². The highest BCUT2D eigenvalue weighted by Crippen LogP contribution is 2.45. The van der Waals surface area contributed by atoms with Gasteiger partial charge in [-0.15, -0.1) is 5.20 Å². The van der Waals surface area contributed by atoms with Crippen LogP contribution in [0, 0.1) is 0 Å². The Morgan fingerprint density at radius 2 is 1.51 bits per heavy atom. The molecule has 2 rings (SSSR count). The molecule has 0 aliphatic carbocycles. The van der Waals surface area contributed by atoms with Gasteiger partial charge in [0.25, 0.3) is 12.5 Å². The molecule has 0 aromatic rings.